The topological polar surface area (TPSA) is 89.9 Å². The zero-order valence-corrected chi connectivity index (χ0v) is 16.4. The summed E-state index contributed by atoms with van der Waals surface area (Å²) in [6.07, 6.45) is -5.78. The monoisotopic (exact) mass is 429 g/mol. The van der Waals surface area contributed by atoms with Gasteiger partial charge in [-0.3, -0.25) is 10.2 Å². The fourth-order valence-corrected chi connectivity index (χ4v) is 2.72. The number of carbonyl (C=O) groups is 2. The molecule has 0 amide bonds. The summed E-state index contributed by atoms with van der Waals surface area (Å²) in [5, 5.41) is 4.58. The highest BCUT2D eigenvalue weighted by Gasteiger charge is 2.37. The van der Waals surface area contributed by atoms with Crippen LogP contribution < -0.4 is 10.2 Å². The van der Waals surface area contributed by atoms with E-state index < -0.39 is 30.1 Å². The molecule has 0 atom stereocenters. The number of Topliss-reactive ketones (excluding diaryl/α,β-unsaturated/α-hetero) is 1. The van der Waals surface area contributed by atoms with Crippen molar-refractivity contribution in [3.63, 3.8) is 0 Å². The number of anilines is 1. The van der Waals surface area contributed by atoms with Gasteiger partial charge >= 0.3 is 12.1 Å². The lowest BCUT2D eigenvalue weighted by atomic mass is 10.1. The predicted octanol–water partition coefficient (Wildman–Crippen LogP) is 4.32. The molecule has 1 aromatic heterocycles. The lowest BCUT2D eigenvalue weighted by molar-refractivity contribution is -0.0602. The zero-order valence-electron chi connectivity index (χ0n) is 15.6. The minimum absolute atomic E-state index is 0.0386. The first-order valence-electron chi connectivity index (χ1n) is 8.53. The Labute approximate surface area is 168 Å². The van der Waals surface area contributed by atoms with Gasteiger partial charge in [0.1, 0.15) is 11.5 Å². The molecule has 2 rings (SSSR count). The Hall–Kier alpha value is -2.95. The first kappa shape index (κ1) is 22.3. The number of aromatic nitrogens is 1. The largest absolute Gasteiger partial charge is 0.494 e. The molecule has 0 unspecified atom stereocenters. The number of rotatable bonds is 9. The Morgan fingerprint density at radius 3 is 2.45 bits per heavy atom. The molecule has 0 bridgehead atoms. The molecule has 0 saturated heterocycles. The van der Waals surface area contributed by atoms with Crippen molar-refractivity contribution >= 4 is 33.9 Å². The number of thiazole rings is 1. The highest BCUT2D eigenvalue weighted by molar-refractivity contribution is 7.13. The summed E-state index contributed by atoms with van der Waals surface area (Å²) in [6.45, 7) is 3.97. The summed E-state index contributed by atoms with van der Waals surface area (Å²) in [7, 11) is 0. The van der Waals surface area contributed by atoms with Crippen molar-refractivity contribution in [2.75, 3.05) is 18.6 Å². The molecule has 1 aromatic carbocycles. The molecule has 1 N–H and O–H groups in total. The minimum atomic E-state index is -4.82. The Bertz CT molecular complexity index is 879. The summed E-state index contributed by atoms with van der Waals surface area (Å²) in [4.78, 5) is 27.6. The maximum absolute atomic E-state index is 13.3. The van der Waals surface area contributed by atoms with Crippen LogP contribution in [0.4, 0.5) is 18.3 Å². The Kier molecular flexibility index (Phi) is 7.71. The van der Waals surface area contributed by atoms with Gasteiger partial charge in [0.15, 0.2) is 11.5 Å². The van der Waals surface area contributed by atoms with Crippen molar-refractivity contribution < 1.29 is 32.2 Å². The van der Waals surface area contributed by atoms with Crippen LogP contribution >= 0.6 is 11.3 Å². The highest BCUT2D eigenvalue weighted by Crippen LogP contribution is 2.23. The maximum Gasteiger partial charge on any atom is 0.431 e. The van der Waals surface area contributed by atoms with E-state index in [0.29, 0.717) is 12.4 Å². The van der Waals surface area contributed by atoms with E-state index in [1.54, 1.807) is 13.8 Å². The molecule has 2 aromatic rings. The number of halogens is 3. The van der Waals surface area contributed by atoms with Gasteiger partial charge in [-0.2, -0.15) is 18.3 Å². The predicted molar refractivity (Wildman–Crippen MR) is 102 cm³/mol. The highest BCUT2D eigenvalue weighted by atomic mass is 32.1. The molecule has 0 aliphatic carbocycles. The van der Waals surface area contributed by atoms with Gasteiger partial charge in [-0.15, -0.1) is 11.3 Å². The van der Waals surface area contributed by atoms with Gasteiger partial charge in [-0.1, -0.05) is 0 Å². The van der Waals surface area contributed by atoms with Gasteiger partial charge in [0.05, 0.1) is 19.6 Å². The third-order valence-electron chi connectivity index (χ3n) is 3.42. The van der Waals surface area contributed by atoms with Crippen LogP contribution in [0.2, 0.25) is 0 Å². The van der Waals surface area contributed by atoms with Gasteiger partial charge in [0.2, 0.25) is 5.13 Å². The molecule has 0 radical (unpaired) electrons. The van der Waals surface area contributed by atoms with Crippen molar-refractivity contribution in [1.82, 2.24) is 4.98 Å². The van der Waals surface area contributed by atoms with E-state index in [-0.39, 0.29) is 23.0 Å². The average Bonchev–Trinajstić information content (AvgIpc) is 3.14. The molecular weight excluding hydrogens is 411 g/mol. The molecule has 0 saturated carbocycles. The number of alkyl halides is 3. The summed E-state index contributed by atoms with van der Waals surface area (Å²) in [5.41, 5.74) is 0.885. The lowest BCUT2D eigenvalue weighted by Crippen LogP contribution is -2.27. The fourth-order valence-electron chi connectivity index (χ4n) is 2.10. The number of nitrogens with zero attached hydrogens (tertiary/aromatic N) is 2. The summed E-state index contributed by atoms with van der Waals surface area (Å²) >= 11 is 0.882. The average molecular weight is 429 g/mol. The van der Waals surface area contributed by atoms with Crippen LogP contribution in [0.25, 0.3) is 0 Å². The van der Waals surface area contributed by atoms with Gasteiger partial charge in [0.25, 0.3) is 0 Å². The number of ketones is 1. The number of nitrogens with one attached hydrogen (secondary N) is 1. The van der Waals surface area contributed by atoms with Crippen LogP contribution in [-0.2, 0) is 4.74 Å². The molecular formula is C18H18F3N3O4S. The molecule has 11 heteroatoms. The van der Waals surface area contributed by atoms with Gasteiger partial charge < -0.3 is 9.47 Å². The van der Waals surface area contributed by atoms with E-state index in [2.05, 4.69) is 15.5 Å². The fraction of sp³-hybridized carbons (Fsp3) is 0.333. The minimum Gasteiger partial charge on any atom is -0.494 e. The SMILES string of the molecule is CCOC(=O)c1csc(N/N=C(/CC(=O)c2ccc(OCC)cc2)C(F)(F)F)n1. The maximum atomic E-state index is 13.3. The van der Waals surface area contributed by atoms with Crippen molar-refractivity contribution in [3.8, 4) is 5.75 Å². The molecule has 0 aliphatic heterocycles. The van der Waals surface area contributed by atoms with Crippen molar-refractivity contribution in [1.29, 1.82) is 0 Å². The Morgan fingerprint density at radius 2 is 1.86 bits per heavy atom. The number of benzene rings is 1. The van der Waals surface area contributed by atoms with Crippen LogP contribution in [0, 0.1) is 0 Å². The number of carbonyl (C=O) groups excluding carboxylic acids is 2. The van der Waals surface area contributed by atoms with Crippen LogP contribution in [0.1, 0.15) is 41.1 Å². The molecule has 0 fully saturated rings. The van der Waals surface area contributed by atoms with Crippen molar-refractivity contribution in [3.05, 3.63) is 40.9 Å². The summed E-state index contributed by atoms with van der Waals surface area (Å²) < 4.78 is 49.8. The van der Waals surface area contributed by atoms with Gasteiger partial charge in [-0.25, -0.2) is 9.78 Å². The van der Waals surface area contributed by atoms with Gasteiger partial charge in [-0.05, 0) is 38.1 Å². The number of hydrogen-bond donors (Lipinski definition) is 1. The first-order valence-corrected chi connectivity index (χ1v) is 9.41. The summed E-state index contributed by atoms with van der Waals surface area (Å²) in [6, 6.07) is 5.79. The Morgan fingerprint density at radius 1 is 1.17 bits per heavy atom. The number of ether oxygens (including phenoxy) is 2. The molecule has 7 nitrogen and oxygen atoms in total. The molecule has 1 heterocycles. The van der Waals surface area contributed by atoms with Crippen LogP contribution in [0.3, 0.4) is 0 Å². The molecule has 0 spiro atoms. The van der Waals surface area contributed by atoms with Gasteiger partial charge in [0, 0.05) is 10.9 Å². The molecule has 156 valence electrons. The second kappa shape index (κ2) is 10.0. The lowest BCUT2D eigenvalue weighted by Gasteiger charge is -2.10. The van der Waals surface area contributed by atoms with E-state index >= 15 is 0 Å². The second-order valence-electron chi connectivity index (χ2n) is 5.48. The number of hydrazone groups is 1. The van der Waals surface area contributed by atoms with Crippen molar-refractivity contribution in [2.45, 2.75) is 26.4 Å². The van der Waals surface area contributed by atoms with Crippen molar-refractivity contribution in [2.24, 2.45) is 5.10 Å². The summed E-state index contributed by atoms with van der Waals surface area (Å²) in [5.74, 6) is -0.934. The number of hydrogen-bond acceptors (Lipinski definition) is 8. The van der Waals surface area contributed by atoms with E-state index in [1.807, 2.05) is 0 Å². The van der Waals surface area contributed by atoms with Crippen LogP contribution in [-0.4, -0.2) is 41.8 Å². The van der Waals surface area contributed by atoms with E-state index in [9.17, 15) is 22.8 Å². The molecule has 29 heavy (non-hydrogen) atoms. The zero-order chi connectivity index (χ0) is 21.4. The van der Waals surface area contributed by atoms with E-state index in [1.165, 1.54) is 29.6 Å². The smallest absolute Gasteiger partial charge is 0.431 e. The third-order valence-corrected chi connectivity index (χ3v) is 4.16. The molecule has 0 aliphatic rings. The van der Waals surface area contributed by atoms with Crippen LogP contribution in [0.5, 0.6) is 5.75 Å². The number of esters is 1. The normalized spacial score (nSPS) is 11.8. The standard InChI is InChI=1S/C18H18F3N3O4S/c1-3-27-12-7-5-11(6-8-12)14(25)9-15(18(19,20)21)23-24-17-22-13(10-29-17)16(26)28-4-2/h5-8,10H,3-4,9H2,1-2H3,(H,22,24)/b23-15-. The first-order chi connectivity index (χ1) is 13.7. The second-order valence-corrected chi connectivity index (χ2v) is 6.34. The van der Waals surface area contributed by atoms with E-state index in [0.717, 1.165) is 11.3 Å². The van der Waals surface area contributed by atoms with Crippen LogP contribution in [0.15, 0.2) is 34.7 Å². The van der Waals surface area contributed by atoms with E-state index in [4.69, 9.17) is 9.47 Å². The Balaban J connectivity index is 2.11. The quantitative estimate of drug-likeness (QED) is 0.276. The third kappa shape index (κ3) is 6.56.